The van der Waals surface area contributed by atoms with Gasteiger partial charge in [0.2, 0.25) is 0 Å². The SMILES string of the molecule is C[C@@H](NCc1ccccc1Br)c1cccc(Br)c1. The fraction of sp³-hybridized carbons (Fsp3) is 0.200. The standard InChI is InChI=1S/C15H15Br2N/c1-11(12-6-4-7-14(16)9-12)18-10-13-5-2-3-8-15(13)17/h2-9,11,18H,10H2,1H3/t11-/m1/s1. The molecule has 0 fully saturated rings. The van der Waals surface area contributed by atoms with Gasteiger partial charge < -0.3 is 5.32 Å². The molecule has 0 unspecified atom stereocenters. The van der Waals surface area contributed by atoms with Crippen LogP contribution in [0, 0.1) is 0 Å². The molecule has 1 N–H and O–H groups in total. The van der Waals surface area contributed by atoms with Crippen LogP contribution < -0.4 is 5.32 Å². The van der Waals surface area contributed by atoms with Crippen molar-refractivity contribution in [3.05, 3.63) is 68.6 Å². The Morgan fingerprint density at radius 3 is 2.56 bits per heavy atom. The van der Waals surface area contributed by atoms with E-state index in [0.29, 0.717) is 6.04 Å². The molecule has 1 nitrogen and oxygen atoms in total. The van der Waals surface area contributed by atoms with E-state index in [0.717, 1.165) is 15.5 Å². The van der Waals surface area contributed by atoms with Crippen molar-refractivity contribution in [2.75, 3.05) is 0 Å². The van der Waals surface area contributed by atoms with Gasteiger partial charge in [-0.3, -0.25) is 0 Å². The molecule has 2 aromatic rings. The van der Waals surface area contributed by atoms with E-state index in [-0.39, 0.29) is 0 Å². The van der Waals surface area contributed by atoms with Gasteiger partial charge in [-0.1, -0.05) is 62.2 Å². The molecule has 0 heterocycles. The highest BCUT2D eigenvalue weighted by molar-refractivity contribution is 9.10. The van der Waals surface area contributed by atoms with Crippen LogP contribution in [0.4, 0.5) is 0 Å². The highest BCUT2D eigenvalue weighted by Gasteiger charge is 2.06. The number of rotatable bonds is 4. The van der Waals surface area contributed by atoms with E-state index in [1.807, 2.05) is 12.1 Å². The molecule has 0 spiro atoms. The van der Waals surface area contributed by atoms with Gasteiger partial charge in [0.15, 0.2) is 0 Å². The Morgan fingerprint density at radius 1 is 1.06 bits per heavy atom. The summed E-state index contributed by atoms with van der Waals surface area (Å²) in [6.07, 6.45) is 0. The van der Waals surface area contributed by atoms with Crippen molar-refractivity contribution in [1.82, 2.24) is 5.32 Å². The first kappa shape index (κ1) is 13.8. The first-order valence-electron chi connectivity index (χ1n) is 5.89. The van der Waals surface area contributed by atoms with Crippen LogP contribution in [0.3, 0.4) is 0 Å². The molecule has 0 bridgehead atoms. The van der Waals surface area contributed by atoms with Crippen LogP contribution >= 0.6 is 31.9 Å². The van der Waals surface area contributed by atoms with E-state index in [2.05, 4.69) is 80.5 Å². The Labute approximate surface area is 125 Å². The molecule has 2 rings (SSSR count). The molecular weight excluding hydrogens is 354 g/mol. The van der Waals surface area contributed by atoms with Crippen LogP contribution in [0.1, 0.15) is 24.1 Å². The first-order valence-corrected chi connectivity index (χ1v) is 7.47. The molecule has 0 saturated carbocycles. The third kappa shape index (κ3) is 3.67. The molecule has 0 radical (unpaired) electrons. The van der Waals surface area contributed by atoms with Crippen molar-refractivity contribution in [2.24, 2.45) is 0 Å². The molecule has 3 heteroatoms. The molecule has 1 atom stereocenters. The molecule has 94 valence electrons. The molecule has 0 aromatic heterocycles. The molecule has 0 aliphatic heterocycles. The lowest BCUT2D eigenvalue weighted by Crippen LogP contribution is -2.18. The highest BCUT2D eigenvalue weighted by atomic mass is 79.9. The van der Waals surface area contributed by atoms with Gasteiger partial charge in [0.05, 0.1) is 0 Å². The summed E-state index contributed by atoms with van der Waals surface area (Å²) in [6.45, 7) is 3.04. The van der Waals surface area contributed by atoms with Crippen molar-refractivity contribution >= 4 is 31.9 Å². The summed E-state index contributed by atoms with van der Waals surface area (Å²) >= 11 is 7.07. The van der Waals surface area contributed by atoms with Gasteiger partial charge in [0.25, 0.3) is 0 Å². The second-order valence-electron chi connectivity index (χ2n) is 4.25. The topological polar surface area (TPSA) is 12.0 Å². The highest BCUT2D eigenvalue weighted by Crippen LogP contribution is 2.20. The Kier molecular flexibility index (Phi) is 4.98. The van der Waals surface area contributed by atoms with Gasteiger partial charge >= 0.3 is 0 Å². The van der Waals surface area contributed by atoms with Gasteiger partial charge in [-0.05, 0) is 36.2 Å². The van der Waals surface area contributed by atoms with Gasteiger partial charge in [-0.15, -0.1) is 0 Å². The third-order valence-corrected chi connectivity index (χ3v) is 4.17. The average molecular weight is 369 g/mol. The van der Waals surface area contributed by atoms with Gasteiger partial charge in [0, 0.05) is 21.5 Å². The first-order chi connectivity index (χ1) is 8.66. The van der Waals surface area contributed by atoms with E-state index >= 15 is 0 Å². The second-order valence-corrected chi connectivity index (χ2v) is 6.02. The second kappa shape index (κ2) is 6.50. The molecule has 0 aliphatic carbocycles. The van der Waals surface area contributed by atoms with E-state index in [1.54, 1.807) is 0 Å². The monoisotopic (exact) mass is 367 g/mol. The van der Waals surface area contributed by atoms with Crippen LogP contribution in [-0.4, -0.2) is 0 Å². The molecule has 0 amide bonds. The van der Waals surface area contributed by atoms with E-state index in [4.69, 9.17) is 0 Å². The summed E-state index contributed by atoms with van der Waals surface area (Å²) < 4.78 is 2.27. The van der Waals surface area contributed by atoms with Gasteiger partial charge in [0.1, 0.15) is 0 Å². The number of benzene rings is 2. The zero-order valence-electron chi connectivity index (χ0n) is 10.2. The van der Waals surface area contributed by atoms with Crippen molar-refractivity contribution in [3.8, 4) is 0 Å². The lowest BCUT2D eigenvalue weighted by Gasteiger charge is -2.15. The number of halogens is 2. The molecule has 18 heavy (non-hydrogen) atoms. The molecular formula is C15H15Br2N. The van der Waals surface area contributed by atoms with Crippen LogP contribution in [0.15, 0.2) is 57.5 Å². The third-order valence-electron chi connectivity index (χ3n) is 2.91. The normalized spacial score (nSPS) is 12.4. The predicted octanol–water partition coefficient (Wildman–Crippen LogP) is 5.06. The summed E-state index contributed by atoms with van der Waals surface area (Å²) in [5.74, 6) is 0. The van der Waals surface area contributed by atoms with Crippen molar-refractivity contribution < 1.29 is 0 Å². The fourth-order valence-electron chi connectivity index (χ4n) is 1.80. The summed E-state index contributed by atoms with van der Waals surface area (Å²) in [6, 6.07) is 17.0. The predicted molar refractivity (Wildman–Crippen MR) is 83.5 cm³/mol. The van der Waals surface area contributed by atoms with Crippen molar-refractivity contribution in [1.29, 1.82) is 0 Å². The van der Waals surface area contributed by atoms with Crippen LogP contribution in [0.5, 0.6) is 0 Å². The maximum atomic E-state index is 3.57. The Bertz CT molecular complexity index is 525. The Morgan fingerprint density at radius 2 is 1.83 bits per heavy atom. The van der Waals surface area contributed by atoms with Crippen molar-refractivity contribution in [3.63, 3.8) is 0 Å². The lowest BCUT2D eigenvalue weighted by atomic mass is 10.1. The van der Waals surface area contributed by atoms with E-state index in [9.17, 15) is 0 Å². The zero-order valence-corrected chi connectivity index (χ0v) is 13.3. The minimum Gasteiger partial charge on any atom is -0.306 e. The summed E-state index contributed by atoms with van der Waals surface area (Å²) in [5, 5.41) is 3.53. The summed E-state index contributed by atoms with van der Waals surface area (Å²) in [7, 11) is 0. The number of hydrogen-bond donors (Lipinski definition) is 1. The van der Waals surface area contributed by atoms with Crippen LogP contribution in [-0.2, 0) is 6.54 Å². The van der Waals surface area contributed by atoms with Gasteiger partial charge in [-0.2, -0.15) is 0 Å². The smallest absolute Gasteiger partial charge is 0.0295 e. The maximum Gasteiger partial charge on any atom is 0.0295 e. The number of hydrogen-bond acceptors (Lipinski definition) is 1. The summed E-state index contributed by atoms with van der Waals surface area (Å²) in [5.41, 5.74) is 2.57. The lowest BCUT2D eigenvalue weighted by molar-refractivity contribution is 0.573. The Balaban J connectivity index is 2.00. The van der Waals surface area contributed by atoms with Gasteiger partial charge in [-0.25, -0.2) is 0 Å². The summed E-state index contributed by atoms with van der Waals surface area (Å²) in [4.78, 5) is 0. The Hall–Kier alpha value is -0.640. The minimum atomic E-state index is 0.328. The average Bonchev–Trinajstić information content (AvgIpc) is 2.37. The zero-order chi connectivity index (χ0) is 13.0. The fourth-order valence-corrected chi connectivity index (χ4v) is 2.64. The number of nitrogens with one attached hydrogen (secondary N) is 1. The van der Waals surface area contributed by atoms with Crippen LogP contribution in [0.25, 0.3) is 0 Å². The van der Waals surface area contributed by atoms with Crippen molar-refractivity contribution in [2.45, 2.75) is 19.5 Å². The van der Waals surface area contributed by atoms with E-state index < -0.39 is 0 Å². The molecule has 0 saturated heterocycles. The van der Waals surface area contributed by atoms with Crippen LogP contribution in [0.2, 0.25) is 0 Å². The molecule has 0 aliphatic rings. The minimum absolute atomic E-state index is 0.328. The largest absolute Gasteiger partial charge is 0.306 e. The maximum absolute atomic E-state index is 3.57. The van der Waals surface area contributed by atoms with E-state index in [1.165, 1.54) is 11.1 Å². The quantitative estimate of drug-likeness (QED) is 0.794. The molecule has 2 aromatic carbocycles.